The number of phenols is 1. The standard InChI is InChI=1S/C26H34O4S/c27-21-7-22(25-9-15-1-16(10-25)3-17(2-15)11-25)24(31(28,29)30)23(8-21)26-12-18-4-19(13-26)6-20(5-18)14-26/h7-8,15-20,27H,1-6,9-14H2,(H,28,29,30). The van der Waals surface area contributed by atoms with Gasteiger partial charge in [-0.1, -0.05) is 0 Å². The van der Waals surface area contributed by atoms with Crippen molar-refractivity contribution < 1.29 is 18.1 Å². The van der Waals surface area contributed by atoms with Gasteiger partial charge in [0, 0.05) is 0 Å². The van der Waals surface area contributed by atoms with E-state index in [2.05, 4.69) is 0 Å². The molecule has 1 aromatic carbocycles. The molecule has 0 atom stereocenters. The predicted octanol–water partition coefficient (Wildman–Crippen LogP) is 5.57. The van der Waals surface area contributed by atoms with E-state index in [1.165, 1.54) is 38.5 Å². The van der Waals surface area contributed by atoms with E-state index in [0.29, 0.717) is 35.5 Å². The second-order valence-corrected chi connectivity index (χ2v) is 14.1. The first-order chi connectivity index (χ1) is 14.7. The van der Waals surface area contributed by atoms with E-state index < -0.39 is 10.1 Å². The number of phenolic OH excluding ortho intramolecular Hbond substituents is 1. The fourth-order valence-electron chi connectivity index (χ4n) is 10.6. The Bertz CT molecular complexity index is 920. The summed E-state index contributed by atoms with van der Waals surface area (Å²) in [6, 6.07) is 3.44. The molecule has 8 aliphatic carbocycles. The Morgan fingerprint density at radius 1 is 0.645 bits per heavy atom. The molecular weight excluding hydrogens is 408 g/mol. The lowest BCUT2D eigenvalue weighted by molar-refractivity contribution is -0.0113. The molecule has 0 unspecified atom stereocenters. The van der Waals surface area contributed by atoms with Crippen LogP contribution in [0, 0.1) is 35.5 Å². The van der Waals surface area contributed by atoms with Gasteiger partial charge in [0.05, 0.1) is 0 Å². The van der Waals surface area contributed by atoms with Crippen LogP contribution in [0.3, 0.4) is 0 Å². The highest BCUT2D eigenvalue weighted by Crippen LogP contribution is 2.65. The van der Waals surface area contributed by atoms with Crippen LogP contribution in [-0.2, 0) is 20.9 Å². The summed E-state index contributed by atoms with van der Waals surface area (Å²) in [7, 11) is -4.38. The van der Waals surface area contributed by atoms with E-state index in [4.69, 9.17) is 0 Å². The highest BCUT2D eigenvalue weighted by atomic mass is 32.2. The van der Waals surface area contributed by atoms with Gasteiger partial charge in [0.1, 0.15) is 10.6 Å². The summed E-state index contributed by atoms with van der Waals surface area (Å²) in [6.07, 6.45) is 13.8. The number of aromatic hydroxyl groups is 1. The Morgan fingerprint density at radius 2 is 0.935 bits per heavy atom. The quantitative estimate of drug-likeness (QED) is 0.600. The number of benzene rings is 1. The van der Waals surface area contributed by atoms with Gasteiger partial charge in [-0.2, -0.15) is 8.42 Å². The average molecular weight is 443 g/mol. The van der Waals surface area contributed by atoms with Crippen molar-refractivity contribution in [3.05, 3.63) is 23.3 Å². The first-order valence-electron chi connectivity index (χ1n) is 12.6. The molecule has 2 N–H and O–H groups in total. The molecule has 5 heteroatoms. The van der Waals surface area contributed by atoms with Gasteiger partial charge in [0.15, 0.2) is 0 Å². The molecule has 1 aromatic rings. The minimum atomic E-state index is -4.38. The van der Waals surface area contributed by atoms with E-state index in [9.17, 15) is 18.1 Å². The van der Waals surface area contributed by atoms with Gasteiger partial charge in [-0.25, -0.2) is 0 Å². The monoisotopic (exact) mass is 442 g/mol. The molecule has 0 saturated heterocycles. The zero-order valence-electron chi connectivity index (χ0n) is 18.2. The maximum absolute atomic E-state index is 13.0. The average Bonchev–Trinajstić information content (AvgIpc) is 2.64. The summed E-state index contributed by atoms with van der Waals surface area (Å²) in [5.74, 6) is 4.23. The van der Waals surface area contributed by atoms with Crippen molar-refractivity contribution >= 4 is 10.1 Å². The summed E-state index contributed by atoms with van der Waals surface area (Å²) in [4.78, 5) is 0.203. The molecule has 9 rings (SSSR count). The van der Waals surface area contributed by atoms with E-state index in [0.717, 1.165) is 49.7 Å². The van der Waals surface area contributed by atoms with Crippen molar-refractivity contribution in [1.82, 2.24) is 0 Å². The highest BCUT2D eigenvalue weighted by molar-refractivity contribution is 7.86. The lowest BCUT2D eigenvalue weighted by Gasteiger charge is -2.59. The Hall–Kier alpha value is -1.07. The van der Waals surface area contributed by atoms with Crippen molar-refractivity contribution in [1.29, 1.82) is 0 Å². The second kappa shape index (κ2) is 6.08. The van der Waals surface area contributed by atoms with Crippen molar-refractivity contribution in [2.45, 2.75) is 92.8 Å². The molecule has 0 spiro atoms. The molecule has 8 saturated carbocycles. The summed E-state index contributed by atoms with van der Waals surface area (Å²) in [5, 5.41) is 10.9. The smallest absolute Gasteiger partial charge is 0.295 e. The Morgan fingerprint density at radius 3 is 1.19 bits per heavy atom. The van der Waals surface area contributed by atoms with Crippen LogP contribution in [0.2, 0.25) is 0 Å². The maximum Gasteiger partial charge on any atom is 0.295 e. The van der Waals surface area contributed by atoms with Gasteiger partial charge in [-0.05, 0) is 147 Å². The van der Waals surface area contributed by atoms with Crippen LogP contribution in [0.15, 0.2) is 17.0 Å². The number of rotatable bonds is 3. The Labute approximate surface area is 185 Å². The molecule has 8 fully saturated rings. The highest BCUT2D eigenvalue weighted by Gasteiger charge is 2.56. The fraction of sp³-hybridized carbons (Fsp3) is 0.769. The van der Waals surface area contributed by atoms with Gasteiger partial charge >= 0.3 is 0 Å². The largest absolute Gasteiger partial charge is 0.508 e. The minimum absolute atomic E-state index is 0.185. The SMILES string of the molecule is O=S(=O)(O)c1c(C23CC4CC(CC(C4)C2)C3)cc(O)cc1C12CC3CC(CC(C3)C1)C2. The topological polar surface area (TPSA) is 74.6 Å². The van der Waals surface area contributed by atoms with Crippen LogP contribution in [0.1, 0.15) is 88.2 Å². The molecule has 31 heavy (non-hydrogen) atoms. The van der Waals surface area contributed by atoms with Crippen LogP contribution in [0.5, 0.6) is 5.75 Å². The Balaban J connectivity index is 1.45. The van der Waals surface area contributed by atoms with E-state index in [1.54, 1.807) is 12.1 Å². The van der Waals surface area contributed by atoms with Crippen LogP contribution >= 0.6 is 0 Å². The van der Waals surface area contributed by atoms with Crippen LogP contribution in [0.25, 0.3) is 0 Å². The zero-order valence-corrected chi connectivity index (χ0v) is 19.0. The third-order valence-electron chi connectivity index (χ3n) is 10.6. The molecule has 168 valence electrons. The van der Waals surface area contributed by atoms with Crippen LogP contribution in [0.4, 0.5) is 0 Å². The lowest BCUT2D eigenvalue weighted by atomic mass is 9.46. The van der Waals surface area contributed by atoms with Crippen LogP contribution < -0.4 is 0 Å². The summed E-state index contributed by atoms with van der Waals surface area (Å²) < 4.78 is 36.7. The lowest BCUT2D eigenvalue weighted by Crippen LogP contribution is -2.51. The van der Waals surface area contributed by atoms with E-state index in [-0.39, 0.29) is 21.5 Å². The van der Waals surface area contributed by atoms with Crippen molar-refractivity contribution in [3.63, 3.8) is 0 Å². The van der Waals surface area contributed by atoms with Gasteiger partial charge < -0.3 is 5.11 Å². The molecular formula is C26H34O4S. The van der Waals surface area contributed by atoms with E-state index in [1.807, 2.05) is 0 Å². The molecule has 4 nitrogen and oxygen atoms in total. The van der Waals surface area contributed by atoms with Gasteiger partial charge in [-0.15, -0.1) is 0 Å². The third kappa shape index (κ3) is 2.78. The number of hydrogen-bond donors (Lipinski definition) is 2. The van der Waals surface area contributed by atoms with Gasteiger partial charge in [0.2, 0.25) is 0 Å². The van der Waals surface area contributed by atoms with Crippen molar-refractivity contribution in [2.24, 2.45) is 35.5 Å². The van der Waals surface area contributed by atoms with Gasteiger partial charge in [0.25, 0.3) is 10.1 Å². The first kappa shape index (κ1) is 19.4. The third-order valence-corrected chi connectivity index (χ3v) is 11.5. The predicted molar refractivity (Wildman–Crippen MR) is 118 cm³/mol. The normalized spacial score (nSPS) is 47.3. The minimum Gasteiger partial charge on any atom is -0.508 e. The summed E-state index contributed by atoms with van der Waals surface area (Å²) >= 11 is 0. The molecule has 0 amide bonds. The summed E-state index contributed by atoms with van der Waals surface area (Å²) in [6.45, 7) is 0. The second-order valence-electron chi connectivity index (χ2n) is 12.7. The maximum atomic E-state index is 13.0. The molecule has 0 heterocycles. The Kier molecular flexibility index (Phi) is 3.81. The van der Waals surface area contributed by atoms with Crippen molar-refractivity contribution in [2.75, 3.05) is 0 Å². The van der Waals surface area contributed by atoms with Gasteiger partial charge in [-0.3, -0.25) is 4.55 Å². The molecule has 8 aliphatic rings. The van der Waals surface area contributed by atoms with E-state index >= 15 is 0 Å². The van der Waals surface area contributed by atoms with Crippen molar-refractivity contribution in [3.8, 4) is 5.75 Å². The molecule has 0 radical (unpaired) electrons. The fourth-order valence-corrected chi connectivity index (χ4v) is 11.7. The zero-order chi connectivity index (χ0) is 21.2. The molecule has 0 aromatic heterocycles. The summed E-state index contributed by atoms with van der Waals surface area (Å²) in [5.41, 5.74) is 1.16. The first-order valence-corrected chi connectivity index (χ1v) is 14.0. The molecule has 0 aliphatic heterocycles. The molecule has 8 bridgehead atoms. The van der Waals surface area contributed by atoms with Crippen LogP contribution in [-0.4, -0.2) is 18.1 Å². The number of hydrogen-bond acceptors (Lipinski definition) is 3.